The predicted molar refractivity (Wildman–Crippen MR) is 114 cm³/mol. The van der Waals surface area contributed by atoms with Crippen molar-refractivity contribution in [3.05, 3.63) is 30.1 Å². The van der Waals surface area contributed by atoms with Crippen LogP contribution in [0.3, 0.4) is 0 Å². The van der Waals surface area contributed by atoms with Crippen molar-refractivity contribution in [2.75, 3.05) is 32.0 Å². The fourth-order valence-electron chi connectivity index (χ4n) is 3.44. The van der Waals surface area contributed by atoms with Crippen LogP contribution in [0, 0.1) is 0 Å². The molecular formula is C19H23N7O6. The number of nitrogen functional groups attached to an aromatic ring is 1. The first kappa shape index (κ1) is 21.7. The first-order valence-electron chi connectivity index (χ1n) is 9.60. The molecule has 4 atom stereocenters. The van der Waals surface area contributed by atoms with Crippen LogP contribution in [0.15, 0.2) is 29.6 Å². The molecule has 170 valence electrons. The average Bonchev–Trinajstić information content (AvgIpc) is 3.31. The second kappa shape index (κ2) is 8.92. The molecule has 2 aromatic heterocycles. The maximum absolute atomic E-state index is 10.5. The molecule has 0 aliphatic carbocycles. The van der Waals surface area contributed by atoms with Gasteiger partial charge in [0.15, 0.2) is 34.7 Å². The highest BCUT2D eigenvalue weighted by atomic mass is 16.6. The number of aromatic nitrogens is 4. The summed E-state index contributed by atoms with van der Waals surface area (Å²) >= 11 is 0. The van der Waals surface area contributed by atoms with Crippen molar-refractivity contribution in [2.45, 2.75) is 24.5 Å². The topological polar surface area (TPSA) is 182 Å². The van der Waals surface area contributed by atoms with Crippen molar-refractivity contribution in [2.24, 2.45) is 5.10 Å². The number of nitrogens with two attached hydrogens (primary N) is 1. The Labute approximate surface area is 182 Å². The number of methoxy groups -OCH3 is 2. The molecule has 6 N–H and O–H groups in total. The zero-order valence-electron chi connectivity index (χ0n) is 17.3. The minimum atomic E-state index is -1.35. The van der Waals surface area contributed by atoms with Crippen molar-refractivity contribution in [1.82, 2.24) is 19.5 Å². The van der Waals surface area contributed by atoms with E-state index in [1.54, 1.807) is 25.3 Å². The third-order valence-electron chi connectivity index (χ3n) is 5.06. The molecule has 0 unspecified atom stereocenters. The first-order valence-corrected chi connectivity index (χ1v) is 9.60. The number of rotatable bonds is 7. The second-order valence-electron chi connectivity index (χ2n) is 6.95. The number of ether oxygens (including phenoxy) is 3. The lowest BCUT2D eigenvalue weighted by atomic mass is 10.1. The molecule has 0 radical (unpaired) electrons. The van der Waals surface area contributed by atoms with Crippen molar-refractivity contribution in [1.29, 1.82) is 0 Å². The number of nitrogens with one attached hydrogen (secondary N) is 1. The van der Waals surface area contributed by atoms with Gasteiger partial charge in [-0.15, -0.1) is 0 Å². The Morgan fingerprint density at radius 2 is 2.00 bits per heavy atom. The molecule has 0 spiro atoms. The van der Waals surface area contributed by atoms with Crippen LogP contribution in [0.5, 0.6) is 11.5 Å². The molecule has 0 bridgehead atoms. The fourth-order valence-corrected chi connectivity index (χ4v) is 3.44. The summed E-state index contributed by atoms with van der Waals surface area (Å²) in [7, 11) is 3.08. The van der Waals surface area contributed by atoms with E-state index in [0.717, 1.165) is 0 Å². The van der Waals surface area contributed by atoms with Crippen LogP contribution in [-0.2, 0) is 4.74 Å². The highest BCUT2D eigenvalue weighted by Gasteiger charge is 2.45. The summed E-state index contributed by atoms with van der Waals surface area (Å²) in [6, 6.07) is 5.26. The summed E-state index contributed by atoms with van der Waals surface area (Å²) in [4.78, 5) is 12.5. The van der Waals surface area contributed by atoms with E-state index in [2.05, 4.69) is 25.5 Å². The molecular weight excluding hydrogens is 422 g/mol. The minimum absolute atomic E-state index is 0.118. The van der Waals surface area contributed by atoms with E-state index < -0.39 is 31.1 Å². The molecule has 13 nitrogen and oxygen atoms in total. The first-order chi connectivity index (χ1) is 15.5. The Kier molecular flexibility index (Phi) is 6.05. The Balaban J connectivity index is 1.68. The van der Waals surface area contributed by atoms with Gasteiger partial charge in [0.05, 0.1) is 27.0 Å². The third kappa shape index (κ3) is 3.78. The molecule has 32 heavy (non-hydrogen) atoms. The zero-order chi connectivity index (χ0) is 22.8. The van der Waals surface area contributed by atoms with Crippen LogP contribution in [0.25, 0.3) is 11.2 Å². The van der Waals surface area contributed by atoms with Crippen LogP contribution in [-0.4, -0.2) is 80.2 Å². The average molecular weight is 445 g/mol. The van der Waals surface area contributed by atoms with Gasteiger partial charge in [-0.1, -0.05) is 0 Å². The number of benzene rings is 1. The molecule has 1 aromatic carbocycles. The Morgan fingerprint density at radius 1 is 1.22 bits per heavy atom. The number of imidazole rings is 1. The molecule has 1 aliphatic rings. The van der Waals surface area contributed by atoms with E-state index >= 15 is 0 Å². The van der Waals surface area contributed by atoms with Crippen LogP contribution >= 0.6 is 0 Å². The maximum atomic E-state index is 10.5. The molecule has 4 rings (SSSR count). The van der Waals surface area contributed by atoms with E-state index in [1.807, 2.05) is 0 Å². The molecule has 3 aromatic rings. The van der Waals surface area contributed by atoms with Crippen LogP contribution < -0.4 is 20.6 Å². The third-order valence-corrected chi connectivity index (χ3v) is 5.06. The number of nitrogens with zero attached hydrogens (tertiary/aromatic N) is 5. The molecule has 0 saturated carbocycles. The van der Waals surface area contributed by atoms with Gasteiger partial charge in [-0.05, 0) is 23.8 Å². The van der Waals surface area contributed by atoms with Gasteiger partial charge in [-0.25, -0.2) is 20.4 Å². The second-order valence-corrected chi connectivity index (χ2v) is 6.95. The lowest BCUT2D eigenvalue weighted by Crippen LogP contribution is -2.33. The maximum Gasteiger partial charge on any atom is 0.228 e. The van der Waals surface area contributed by atoms with Gasteiger partial charge in [0, 0.05) is 0 Å². The number of hydrazone groups is 1. The van der Waals surface area contributed by atoms with E-state index in [-0.39, 0.29) is 22.9 Å². The normalized spacial score (nSPS) is 23.2. The van der Waals surface area contributed by atoms with Gasteiger partial charge in [-0.2, -0.15) is 5.10 Å². The summed E-state index contributed by atoms with van der Waals surface area (Å²) in [6.45, 7) is -0.474. The Morgan fingerprint density at radius 3 is 2.69 bits per heavy atom. The van der Waals surface area contributed by atoms with Crippen LogP contribution in [0.4, 0.5) is 11.8 Å². The highest BCUT2D eigenvalue weighted by molar-refractivity contribution is 5.85. The van der Waals surface area contributed by atoms with E-state index in [9.17, 15) is 15.3 Å². The molecule has 1 saturated heterocycles. The van der Waals surface area contributed by atoms with Gasteiger partial charge >= 0.3 is 0 Å². The predicted octanol–water partition coefficient (Wildman–Crippen LogP) is -0.517. The monoisotopic (exact) mass is 445 g/mol. The number of anilines is 2. The number of fused-ring (bicyclic) bond motifs is 1. The van der Waals surface area contributed by atoms with E-state index in [1.165, 1.54) is 24.2 Å². The lowest BCUT2D eigenvalue weighted by Gasteiger charge is -2.18. The Hall–Kier alpha value is -3.52. The largest absolute Gasteiger partial charge is 0.493 e. The van der Waals surface area contributed by atoms with Crippen molar-refractivity contribution in [3.63, 3.8) is 0 Å². The van der Waals surface area contributed by atoms with E-state index in [0.29, 0.717) is 17.1 Å². The standard InChI is InChI=1S/C19H23N7O6/c1-30-10-4-3-9(5-11(10)31-2)6-23-25-19-24-13-16(20)21-8-22-17(13)26(19)18-15(29)14(28)12(7-27)32-18/h3-6,8,12,14-15,18,27-29H,7H2,1-2H3,(H,24,25)(H2,20,21,22)/b23-6-/t12-,14+,15-,18+/m0/s1. The number of aliphatic hydroxyl groups is 3. The van der Waals surface area contributed by atoms with Gasteiger partial charge in [-0.3, -0.25) is 4.57 Å². The number of hydrogen-bond acceptors (Lipinski definition) is 12. The van der Waals surface area contributed by atoms with Gasteiger partial charge in [0.1, 0.15) is 24.6 Å². The van der Waals surface area contributed by atoms with Crippen molar-refractivity contribution >= 4 is 29.1 Å². The number of hydrogen-bond donors (Lipinski definition) is 5. The summed E-state index contributed by atoms with van der Waals surface area (Å²) < 4.78 is 17.5. The molecule has 1 fully saturated rings. The van der Waals surface area contributed by atoms with Gasteiger partial charge < -0.3 is 35.3 Å². The number of aliphatic hydroxyl groups excluding tert-OH is 3. The molecule has 13 heteroatoms. The van der Waals surface area contributed by atoms with Crippen LogP contribution in [0.1, 0.15) is 11.8 Å². The molecule has 0 amide bonds. The summed E-state index contributed by atoms with van der Waals surface area (Å²) in [5, 5.41) is 34.3. The van der Waals surface area contributed by atoms with Crippen molar-refractivity contribution < 1.29 is 29.5 Å². The Bertz CT molecular complexity index is 1140. The highest BCUT2D eigenvalue weighted by Crippen LogP contribution is 2.35. The van der Waals surface area contributed by atoms with E-state index in [4.69, 9.17) is 19.9 Å². The quantitative estimate of drug-likeness (QED) is 0.233. The smallest absolute Gasteiger partial charge is 0.228 e. The lowest BCUT2D eigenvalue weighted by molar-refractivity contribution is -0.0501. The molecule has 3 heterocycles. The van der Waals surface area contributed by atoms with Gasteiger partial charge in [0.25, 0.3) is 0 Å². The SMILES string of the molecule is COc1ccc(/C=N\Nc2nc3c(N)ncnc3n2[C@@H]2O[C@@H](CO)[C@@H](O)[C@@H]2O)cc1OC. The summed E-state index contributed by atoms with van der Waals surface area (Å²) in [5.74, 6) is 1.38. The van der Waals surface area contributed by atoms with Crippen molar-refractivity contribution in [3.8, 4) is 11.5 Å². The van der Waals surface area contributed by atoms with Crippen LogP contribution in [0.2, 0.25) is 0 Å². The minimum Gasteiger partial charge on any atom is -0.493 e. The molecule has 1 aliphatic heterocycles. The summed E-state index contributed by atoms with van der Waals surface area (Å²) in [5.41, 5.74) is 9.93. The summed E-state index contributed by atoms with van der Waals surface area (Å²) in [6.07, 6.45) is -1.96. The fraction of sp³-hybridized carbons (Fsp3) is 0.368. The van der Waals surface area contributed by atoms with Gasteiger partial charge in [0.2, 0.25) is 5.95 Å². The zero-order valence-corrected chi connectivity index (χ0v) is 17.3.